The SMILES string of the molecule is CC1CN(c2cc(F)c(-c3cnc(N4CCOCC4)nc3)c(F)c2N)CC(C)N1C. The molecule has 2 fully saturated rings. The fourth-order valence-electron chi connectivity index (χ4n) is 4.13. The van der Waals surface area contributed by atoms with Gasteiger partial charge in [0.15, 0.2) is 5.82 Å². The van der Waals surface area contributed by atoms with Crippen LogP contribution in [0.2, 0.25) is 0 Å². The quantitative estimate of drug-likeness (QED) is 0.768. The number of benzene rings is 1. The lowest BCUT2D eigenvalue weighted by atomic mass is 10.0. The van der Waals surface area contributed by atoms with Crippen molar-refractivity contribution in [2.45, 2.75) is 25.9 Å². The highest BCUT2D eigenvalue weighted by molar-refractivity contribution is 5.78. The maximum atomic E-state index is 15.2. The highest BCUT2D eigenvalue weighted by Gasteiger charge is 2.30. The van der Waals surface area contributed by atoms with Gasteiger partial charge < -0.3 is 20.3 Å². The minimum atomic E-state index is -0.771. The zero-order chi connectivity index (χ0) is 21.4. The molecular weight excluding hydrogens is 390 g/mol. The van der Waals surface area contributed by atoms with Crippen molar-refractivity contribution in [2.24, 2.45) is 0 Å². The lowest BCUT2D eigenvalue weighted by Gasteiger charge is -2.43. The van der Waals surface area contributed by atoms with E-state index in [1.165, 1.54) is 18.5 Å². The fourth-order valence-corrected chi connectivity index (χ4v) is 4.13. The molecule has 2 N–H and O–H groups in total. The molecule has 0 amide bonds. The van der Waals surface area contributed by atoms with Crippen molar-refractivity contribution in [3.05, 3.63) is 30.1 Å². The molecule has 2 atom stereocenters. The molecule has 2 aliphatic rings. The molecular formula is C21H28F2N6O. The summed E-state index contributed by atoms with van der Waals surface area (Å²) in [5.41, 5.74) is 6.55. The minimum Gasteiger partial charge on any atom is -0.395 e. The van der Waals surface area contributed by atoms with Crippen LogP contribution < -0.4 is 15.5 Å². The first-order chi connectivity index (χ1) is 14.4. The predicted molar refractivity (Wildman–Crippen MR) is 114 cm³/mol. The molecule has 7 nitrogen and oxygen atoms in total. The number of aromatic nitrogens is 2. The van der Waals surface area contributed by atoms with Crippen LogP contribution in [0.4, 0.5) is 26.1 Å². The third-order valence-corrected chi connectivity index (χ3v) is 6.16. The molecule has 0 spiro atoms. The van der Waals surface area contributed by atoms with Gasteiger partial charge in [0, 0.05) is 62.3 Å². The number of nitrogens with zero attached hydrogens (tertiary/aromatic N) is 5. The van der Waals surface area contributed by atoms with Crippen LogP contribution in [0.3, 0.4) is 0 Å². The highest BCUT2D eigenvalue weighted by atomic mass is 19.1. The van der Waals surface area contributed by atoms with E-state index < -0.39 is 11.6 Å². The Morgan fingerprint density at radius 3 is 2.23 bits per heavy atom. The molecule has 2 saturated heterocycles. The number of morpholine rings is 1. The first-order valence-corrected chi connectivity index (χ1v) is 10.3. The maximum Gasteiger partial charge on any atom is 0.225 e. The summed E-state index contributed by atoms with van der Waals surface area (Å²) in [6.45, 7) is 8.07. The second kappa shape index (κ2) is 8.31. The van der Waals surface area contributed by atoms with Crippen molar-refractivity contribution >= 4 is 17.3 Å². The van der Waals surface area contributed by atoms with Crippen molar-refractivity contribution in [3.63, 3.8) is 0 Å². The van der Waals surface area contributed by atoms with Crippen LogP contribution >= 0.6 is 0 Å². The number of rotatable bonds is 3. The van der Waals surface area contributed by atoms with E-state index in [4.69, 9.17) is 10.5 Å². The van der Waals surface area contributed by atoms with E-state index >= 15 is 8.78 Å². The van der Waals surface area contributed by atoms with E-state index in [2.05, 4.69) is 35.8 Å². The zero-order valence-corrected chi connectivity index (χ0v) is 17.6. The minimum absolute atomic E-state index is 0.0485. The monoisotopic (exact) mass is 418 g/mol. The third kappa shape index (κ3) is 3.79. The molecule has 0 radical (unpaired) electrons. The molecule has 0 aliphatic carbocycles. The van der Waals surface area contributed by atoms with Gasteiger partial charge in [-0.3, -0.25) is 4.90 Å². The first-order valence-electron chi connectivity index (χ1n) is 10.3. The van der Waals surface area contributed by atoms with Crippen LogP contribution in [0, 0.1) is 11.6 Å². The number of piperazine rings is 1. The molecule has 0 saturated carbocycles. The maximum absolute atomic E-state index is 15.2. The average molecular weight is 418 g/mol. The van der Waals surface area contributed by atoms with E-state index in [1.807, 2.05) is 9.80 Å². The van der Waals surface area contributed by atoms with Crippen molar-refractivity contribution in [1.82, 2.24) is 14.9 Å². The van der Waals surface area contributed by atoms with Crippen molar-refractivity contribution in [2.75, 3.05) is 62.0 Å². The molecule has 4 rings (SSSR count). The largest absolute Gasteiger partial charge is 0.395 e. The fraction of sp³-hybridized carbons (Fsp3) is 0.524. The Balaban J connectivity index is 1.63. The molecule has 2 aromatic rings. The molecule has 1 aromatic heterocycles. The predicted octanol–water partition coefficient (Wildman–Crippen LogP) is 2.37. The van der Waals surface area contributed by atoms with Crippen molar-refractivity contribution in [3.8, 4) is 11.1 Å². The number of likely N-dealkylation sites (N-methyl/N-ethyl adjacent to an activating group) is 1. The lowest BCUT2D eigenvalue weighted by molar-refractivity contribution is 0.122. The van der Waals surface area contributed by atoms with Gasteiger partial charge in [0.25, 0.3) is 0 Å². The Bertz CT molecular complexity index is 891. The lowest BCUT2D eigenvalue weighted by Crippen LogP contribution is -2.55. The van der Waals surface area contributed by atoms with Gasteiger partial charge in [-0.25, -0.2) is 18.7 Å². The van der Waals surface area contributed by atoms with Gasteiger partial charge >= 0.3 is 0 Å². The Kier molecular flexibility index (Phi) is 5.75. The Morgan fingerprint density at radius 2 is 1.63 bits per heavy atom. The molecule has 30 heavy (non-hydrogen) atoms. The second-order valence-corrected chi connectivity index (χ2v) is 8.12. The molecule has 3 heterocycles. The summed E-state index contributed by atoms with van der Waals surface area (Å²) in [6, 6.07) is 1.83. The smallest absolute Gasteiger partial charge is 0.225 e. The van der Waals surface area contributed by atoms with Gasteiger partial charge in [0.2, 0.25) is 5.95 Å². The molecule has 162 valence electrons. The number of halogens is 2. The van der Waals surface area contributed by atoms with E-state index in [0.29, 0.717) is 51.0 Å². The number of nitrogen functional groups attached to an aromatic ring is 1. The van der Waals surface area contributed by atoms with Gasteiger partial charge in [-0.2, -0.15) is 0 Å². The third-order valence-electron chi connectivity index (χ3n) is 6.16. The standard InChI is InChI=1S/C21H28F2N6O/c1-13-11-29(12-14(2)27(13)3)17-8-16(22)18(19(23)20(17)24)15-9-25-21(26-10-15)28-4-6-30-7-5-28/h8-10,13-14H,4-7,11-12,24H2,1-3H3. The normalized spacial score (nSPS) is 23.1. The Labute approximate surface area is 175 Å². The molecule has 2 unspecified atom stereocenters. The van der Waals surface area contributed by atoms with Gasteiger partial charge in [0.05, 0.1) is 30.2 Å². The summed E-state index contributed by atoms with van der Waals surface area (Å²) in [6.07, 6.45) is 2.89. The summed E-state index contributed by atoms with van der Waals surface area (Å²) in [5, 5.41) is 0. The molecule has 1 aromatic carbocycles. The van der Waals surface area contributed by atoms with Gasteiger partial charge in [-0.15, -0.1) is 0 Å². The summed E-state index contributed by atoms with van der Waals surface area (Å²) >= 11 is 0. The van der Waals surface area contributed by atoms with Gasteiger partial charge in [0.1, 0.15) is 5.82 Å². The van der Waals surface area contributed by atoms with Crippen LogP contribution in [-0.4, -0.2) is 73.4 Å². The van der Waals surface area contributed by atoms with Crippen LogP contribution in [0.25, 0.3) is 11.1 Å². The zero-order valence-electron chi connectivity index (χ0n) is 17.6. The number of anilines is 3. The van der Waals surface area contributed by atoms with E-state index in [0.717, 1.165) is 0 Å². The second-order valence-electron chi connectivity index (χ2n) is 8.12. The topological polar surface area (TPSA) is 70.8 Å². The van der Waals surface area contributed by atoms with E-state index in [1.54, 1.807) is 0 Å². The molecule has 2 aliphatic heterocycles. The van der Waals surface area contributed by atoms with Crippen LogP contribution in [0.15, 0.2) is 18.5 Å². The van der Waals surface area contributed by atoms with E-state index in [9.17, 15) is 0 Å². The molecule has 0 bridgehead atoms. The number of hydrogen-bond acceptors (Lipinski definition) is 7. The Hall–Kier alpha value is -2.52. The van der Waals surface area contributed by atoms with Crippen molar-refractivity contribution < 1.29 is 13.5 Å². The van der Waals surface area contributed by atoms with Crippen LogP contribution in [0.5, 0.6) is 0 Å². The Morgan fingerprint density at radius 1 is 1.03 bits per heavy atom. The van der Waals surface area contributed by atoms with Crippen LogP contribution in [-0.2, 0) is 4.74 Å². The molecule has 9 heteroatoms. The highest BCUT2D eigenvalue weighted by Crippen LogP contribution is 2.37. The van der Waals surface area contributed by atoms with Crippen molar-refractivity contribution in [1.29, 1.82) is 0 Å². The summed E-state index contributed by atoms with van der Waals surface area (Å²) in [5.74, 6) is -0.918. The van der Waals surface area contributed by atoms with Gasteiger partial charge in [-0.05, 0) is 20.9 Å². The van der Waals surface area contributed by atoms with Gasteiger partial charge in [-0.1, -0.05) is 0 Å². The number of ether oxygens (including phenoxy) is 1. The summed E-state index contributed by atoms with van der Waals surface area (Å²) in [4.78, 5) is 14.8. The average Bonchev–Trinajstić information content (AvgIpc) is 2.75. The first kappa shape index (κ1) is 20.7. The van der Waals surface area contributed by atoms with E-state index in [-0.39, 0.29) is 28.9 Å². The number of nitrogens with two attached hydrogens (primary N) is 1. The number of hydrogen-bond donors (Lipinski definition) is 1. The summed E-state index contributed by atoms with van der Waals surface area (Å²) in [7, 11) is 2.06. The summed E-state index contributed by atoms with van der Waals surface area (Å²) < 4.78 is 35.6. The van der Waals surface area contributed by atoms with Crippen LogP contribution in [0.1, 0.15) is 13.8 Å².